The summed E-state index contributed by atoms with van der Waals surface area (Å²) in [6.07, 6.45) is 2.62. The third-order valence-electron chi connectivity index (χ3n) is 4.50. The number of amides is 2. The normalized spacial score (nSPS) is 15.3. The van der Waals surface area contributed by atoms with Gasteiger partial charge in [-0.1, -0.05) is 19.9 Å². The minimum absolute atomic E-state index is 0.0104. The zero-order valence-electron chi connectivity index (χ0n) is 14.3. The summed E-state index contributed by atoms with van der Waals surface area (Å²) in [4.78, 5) is 25.8. The van der Waals surface area contributed by atoms with Gasteiger partial charge in [-0.3, -0.25) is 9.59 Å². The van der Waals surface area contributed by atoms with Gasteiger partial charge < -0.3 is 15.5 Å². The molecule has 1 aromatic rings. The first-order valence-electron chi connectivity index (χ1n) is 8.42. The number of piperidine rings is 1. The molecule has 1 saturated heterocycles. The first-order chi connectivity index (χ1) is 11.0. The van der Waals surface area contributed by atoms with Gasteiger partial charge in [0.25, 0.3) is 0 Å². The predicted octanol–water partition coefficient (Wildman–Crippen LogP) is 3.01. The summed E-state index contributed by atoms with van der Waals surface area (Å²) in [7, 11) is 0. The maximum absolute atomic E-state index is 12.3. The predicted molar refractivity (Wildman–Crippen MR) is 93.6 cm³/mol. The minimum atomic E-state index is -0.0104. The molecule has 2 N–H and O–H groups in total. The van der Waals surface area contributed by atoms with Crippen molar-refractivity contribution in [1.29, 1.82) is 0 Å². The van der Waals surface area contributed by atoms with E-state index >= 15 is 0 Å². The van der Waals surface area contributed by atoms with Crippen molar-refractivity contribution in [3.63, 3.8) is 0 Å². The number of nitrogens with one attached hydrogen (secondary N) is 2. The average molecular weight is 317 g/mol. The fourth-order valence-electron chi connectivity index (χ4n) is 2.74. The van der Waals surface area contributed by atoms with Gasteiger partial charge in [0.15, 0.2) is 0 Å². The molecule has 126 valence electrons. The largest absolute Gasteiger partial charge is 0.376 e. The number of hydrogen-bond donors (Lipinski definition) is 2. The van der Waals surface area contributed by atoms with Gasteiger partial charge in [-0.15, -0.1) is 0 Å². The lowest BCUT2D eigenvalue weighted by molar-refractivity contribution is -0.130. The van der Waals surface area contributed by atoms with Gasteiger partial charge in [-0.25, -0.2) is 0 Å². The highest BCUT2D eigenvalue weighted by Crippen LogP contribution is 2.23. The van der Waals surface area contributed by atoms with Crippen molar-refractivity contribution in [1.82, 2.24) is 4.90 Å². The van der Waals surface area contributed by atoms with Gasteiger partial charge >= 0.3 is 0 Å². The van der Waals surface area contributed by atoms with Crippen LogP contribution in [0.5, 0.6) is 0 Å². The van der Waals surface area contributed by atoms with Crippen LogP contribution in [0.25, 0.3) is 0 Å². The molecule has 1 aliphatic heterocycles. The molecule has 0 aromatic heterocycles. The first kappa shape index (κ1) is 17.3. The van der Waals surface area contributed by atoms with E-state index in [2.05, 4.69) is 17.6 Å². The molecule has 1 fully saturated rings. The summed E-state index contributed by atoms with van der Waals surface area (Å²) in [5.41, 5.74) is 2.63. The molecule has 1 heterocycles. The van der Waals surface area contributed by atoms with Crippen LogP contribution in [0.4, 0.5) is 11.4 Å². The maximum Gasteiger partial charge on any atom is 0.241 e. The summed E-state index contributed by atoms with van der Waals surface area (Å²) < 4.78 is 0. The van der Waals surface area contributed by atoms with E-state index in [4.69, 9.17) is 0 Å². The van der Waals surface area contributed by atoms with Crippen molar-refractivity contribution in [2.75, 3.05) is 30.3 Å². The number of nitrogens with zero attached hydrogens (tertiary/aromatic N) is 1. The van der Waals surface area contributed by atoms with Crippen LogP contribution in [-0.2, 0) is 9.59 Å². The highest BCUT2D eigenvalue weighted by Gasteiger charge is 2.20. The monoisotopic (exact) mass is 317 g/mol. The van der Waals surface area contributed by atoms with Crippen LogP contribution in [0.15, 0.2) is 18.2 Å². The van der Waals surface area contributed by atoms with E-state index < -0.39 is 0 Å². The fraction of sp³-hybridized carbons (Fsp3) is 0.556. The van der Waals surface area contributed by atoms with E-state index in [1.807, 2.05) is 36.9 Å². The minimum Gasteiger partial charge on any atom is -0.376 e. The molecule has 2 rings (SSSR count). The molecular formula is C18H27N3O2. The highest BCUT2D eigenvalue weighted by atomic mass is 16.2. The highest BCUT2D eigenvalue weighted by molar-refractivity contribution is 5.92. The van der Waals surface area contributed by atoms with E-state index in [0.717, 1.165) is 42.9 Å². The molecular weight excluding hydrogens is 290 g/mol. The molecule has 0 aliphatic carbocycles. The van der Waals surface area contributed by atoms with Crippen molar-refractivity contribution < 1.29 is 9.59 Å². The van der Waals surface area contributed by atoms with E-state index in [1.54, 1.807) is 0 Å². The van der Waals surface area contributed by atoms with E-state index in [9.17, 15) is 9.59 Å². The smallest absolute Gasteiger partial charge is 0.241 e. The lowest BCUT2D eigenvalue weighted by Crippen LogP contribution is -2.41. The molecule has 1 aromatic carbocycles. The summed E-state index contributed by atoms with van der Waals surface area (Å²) in [6.45, 7) is 8.01. The second kappa shape index (κ2) is 7.99. The van der Waals surface area contributed by atoms with Crippen LogP contribution in [0.2, 0.25) is 0 Å². The summed E-state index contributed by atoms with van der Waals surface area (Å²) >= 11 is 0. The maximum atomic E-state index is 12.3. The number of benzene rings is 1. The molecule has 0 atom stereocenters. The van der Waals surface area contributed by atoms with Crippen LogP contribution in [0.1, 0.15) is 38.7 Å². The molecule has 0 bridgehead atoms. The Balaban J connectivity index is 1.94. The number of hydrogen-bond acceptors (Lipinski definition) is 3. The Bertz CT molecular complexity index is 563. The topological polar surface area (TPSA) is 61.4 Å². The van der Waals surface area contributed by atoms with Crippen LogP contribution >= 0.6 is 0 Å². The molecule has 23 heavy (non-hydrogen) atoms. The van der Waals surface area contributed by atoms with Crippen LogP contribution < -0.4 is 10.6 Å². The molecule has 0 saturated carbocycles. The van der Waals surface area contributed by atoms with E-state index in [0.29, 0.717) is 18.9 Å². The van der Waals surface area contributed by atoms with Crippen molar-refractivity contribution in [2.45, 2.75) is 40.0 Å². The van der Waals surface area contributed by atoms with E-state index in [-0.39, 0.29) is 11.8 Å². The van der Waals surface area contributed by atoms with Gasteiger partial charge in [-0.05, 0) is 43.4 Å². The number of anilines is 2. The summed E-state index contributed by atoms with van der Waals surface area (Å²) in [5, 5.41) is 6.09. The lowest BCUT2D eigenvalue weighted by atomic mass is 9.99. The van der Waals surface area contributed by atoms with Crippen molar-refractivity contribution in [3.05, 3.63) is 23.8 Å². The summed E-state index contributed by atoms with van der Waals surface area (Å²) in [5.74, 6) is 0.844. The van der Waals surface area contributed by atoms with Gasteiger partial charge in [0, 0.05) is 30.9 Å². The molecule has 2 amide bonds. The third kappa shape index (κ3) is 4.71. The SMILES string of the molecule is CCC(=O)Nc1cccc(NCC(=O)N2CCC(C)CC2)c1C. The van der Waals surface area contributed by atoms with Gasteiger partial charge in [0.1, 0.15) is 0 Å². The Morgan fingerprint density at radius 2 is 1.87 bits per heavy atom. The average Bonchev–Trinajstić information content (AvgIpc) is 2.55. The molecule has 1 aliphatic rings. The Morgan fingerprint density at radius 1 is 1.22 bits per heavy atom. The van der Waals surface area contributed by atoms with Crippen molar-refractivity contribution in [2.24, 2.45) is 5.92 Å². The number of carbonyl (C=O) groups is 2. The van der Waals surface area contributed by atoms with Crippen LogP contribution in [0, 0.1) is 12.8 Å². The Kier molecular flexibility index (Phi) is 6.02. The molecule has 5 nitrogen and oxygen atoms in total. The molecule has 0 unspecified atom stereocenters. The van der Waals surface area contributed by atoms with Crippen LogP contribution in [-0.4, -0.2) is 36.3 Å². The number of carbonyl (C=O) groups excluding carboxylic acids is 2. The van der Waals surface area contributed by atoms with Crippen molar-refractivity contribution >= 4 is 23.2 Å². The number of likely N-dealkylation sites (tertiary alicyclic amines) is 1. The number of rotatable bonds is 5. The van der Waals surface area contributed by atoms with Gasteiger partial charge in [0.2, 0.25) is 11.8 Å². The van der Waals surface area contributed by atoms with Crippen molar-refractivity contribution in [3.8, 4) is 0 Å². The zero-order chi connectivity index (χ0) is 16.8. The standard InChI is InChI=1S/C18H27N3O2/c1-4-17(22)20-16-7-5-6-15(14(16)3)19-12-18(23)21-10-8-13(2)9-11-21/h5-7,13,19H,4,8-12H2,1-3H3,(H,20,22). The van der Waals surface area contributed by atoms with Crippen LogP contribution in [0.3, 0.4) is 0 Å². The summed E-state index contributed by atoms with van der Waals surface area (Å²) in [6, 6.07) is 5.69. The molecule has 0 radical (unpaired) electrons. The van der Waals surface area contributed by atoms with E-state index in [1.165, 1.54) is 0 Å². The Hall–Kier alpha value is -2.04. The molecule has 0 spiro atoms. The first-order valence-corrected chi connectivity index (χ1v) is 8.42. The Morgan fingerprint density at radius 3 is 2.52 bits per heavy atom. The van der Waals surface area contributed by atoms with Gasteiger partial charge in [-0.2, -0.15) is 0 Å². The third-order valence-corrected chi connectivity index (χ3v) is 4.50. The lowest BCUT2D eigenvalue weighted by Gasteiger charge is -2.30. The fourth-order valence-corrected chi connectivity index (χ4v) is 2.74. The second-order valence-electron chi connectivity index (χ2n) is 6.30. The van der Waals surface area contributed by atoms with Gasteiger partial charge in [0.05, 0.1) is 6.54 Å². The second-order valence-corrected chi connectivity index (χ2v) is 6.30. The quantitative estimate of drug-likeness (QED) is 0.877. The molecule has 5 heteroatoms. The Labute approximate surface area is 138 Å². The zero-order valence-corrected chi connectivity index (χ0v) is 14.3.